The molecule has 4 nitrogen and oxygen atoms in total. The molecule has 0 aliphatic carbocycles. The van der Waals surface area contributed by atoms with Gasteiger partial charge < -0.3 is 15.5 Å². The Bertz CT molecular complexity index is 245. The van der Waals surface area contributed by atoms with Crippen LogP contribution in [-0.4, -0.2) is 54.5 Å². The second-order valence-corrected chi connectivity index (χ2v) is 5.27. The SMILES string of the molecule is CCC(N)C(=O)N1CCC(CN(CC)CC)CC1. The van der Waals surface area contributed by atoms with Gasteiger partial charge in [-0.05, 0) is 38.3 Å². The van der Waals surface area contributed by atoms with Gasteiger partial charge in [-0.3, -0.25) is 4.79 Å². The van der Waals surface area contributed by atoms with Crippen molar-refractivity contribution < 1.29 is 4.79 Å². The predicted octanol–water partition coefficient (Wildman–Crippen LogP) is 1.30. The van der Waals surface area contributed by atoms with Crippen molar-refractivity contribution in [1.82, 2.24) is 9.80 Å². The molecule has 0 saturated carbocycles. The molecule has 1 aliphatic heterocycles. The minimum absolute atomic E-state index is 0.138. The van der Waals surface area contributed by atoms with E-state index >= 15 is 0 Å². The van der Waals surface area contributed by atoms with Crippen LogP contribution in [0.2, 0.25) is 0 Å². The van der Waals surface area contributed by atoms with E-state index in [2.05, 4.69) is 18.7 Å². The molecule has 1 amide bonds. The highest BCUT2D eigenvalue weighted by Gasteiger charge is 2.25. The fraction of sp³-hybridized carbons (Fsp3) is 0.929. The summed E-state index contributed by atoms with van der Waals surface area (Å²) in [4.78, 5) is 16.4. The van der Waals surface area contributed by atoms with Crippen LogP contribution in [0.1, 0.15) is 40.0 Å². The van der Waals surface area contributed by atoms with Gasteiger partial charge in [-0.25, -0.2) is 0 Å². The van der Waals surface area contributed by atoms with Crippen molar-refractivity contribution in [1.29, 1.82) is 0 Å². The Morgan fingerprint density at radius 2 is 1.83 bits per heavy atom. The van der Waals surface area contributed by atoms with Gasteiger partial charge in [0, 0.05) is 19.6 Å². The van der Waals surface area contributed by atoms with Crippen molar-refractivity contribution in [2.75, 3.05) is 32.7 Å². The number of carbonyl (C=O) groups is 1. The van der Waals surface area contributed by atoms with Crippen molar-refractivity contribution >= 4 is 5.91 Å². The lowest BCUT2D eigenvalue weighted by molar-refractivity contribution is -0.134. The highest BCUT2D eigenvalue weighted by Crippen LogP contribution is 2.19. The van der Waals surface area contributed by atoms with Crippen LogP contribution in [0.5, 0.6) is 0 Å². The molecule has 1 unspecified atom stereocenters. The minimum Gasteiger partial charge on any atom is -0.341 e. The van der Waals surface area contributed by atoms with E-state index in [4.69, 9.17) is 5.73 Å². The first-order valence-electron chi connectivity index (χ1n) is 7.39. The third-order valence-electron chi connectivity index (χ3n) is 4.09. The number of nitrogens with zero attached hydrogens (tertiary/aromatic N) is 2. The molecule has 1 fully saturated rings. The summed E-state index contributed by atoms with van der Waals surface area (Å²) in [5, 5.41) is 0. The monoisotopic (exact) mass is 255 g/mol. The highest BCUT2D eigenvalue weighted by atomic mass is 16.2. The lowest BCUT2D eigenvalue weighted by atomic mass is 9.95. The summed E-state index contributed by atoms with van der Waals surface area (Å²) in [5.41, 5.74) is 5.81. The van der Waals surface area contributed by atoms with Gasteiger partial charge in [-0.2, -0.15) is 0 Å². The van der Waals surface area contributed by atoms with Crippen LogP contribution >= 0.6 is 0 Å². The molecule has 0 spiro atoms. The first-order valence-corrected chi connectivity index (χ1v) is 7.39. The molecule has 0 radical (unpaired) electrons. The van der Waals surface area contributed by atoms with E-state index in [1.54, 1.807) is 0 Å². The maximum atomic E-state index is 12.0. The fourth-order valence-electron chi connectivity index (χ4n) is 2.59. The van der Waals surface area contributed by atoms with Gasteiger partial charge in [-0.15, -0.1) is 0 Å². The van der Waals surface area contributed by atoms with Gasteiger partial charge in [0.25, 0.3) is 0 Å². The quantitative estimate of drug-likeness (QED) is 0.778. The van der Waals surface area contributed by atoms with Crippen molar-refractivity contribution in [2.45, 2.75) is 46.1 Å². The Hall–Kier alpha value is -0.610. The number of carbonyl (C=O) groups excluding carboxylic acids is 1. The molecule has 18 heavy (non-hydrogen) atoms. The van der Waals surface area contributed by atoms with Gasteiger partial charge in [0.2, 0.25) is 5.91 Å². The molecule has 1 heterocycles. The van der Waals surface area contributed by atoms with E-state index in [1.165, 1.54) is 6.54 Å². The van der Waals surface area contributed by atoms with Crippen LogP contribution in [-0.2, 0) is 4.79 Å². The number of hydrogen-bond acceptors (Lipinski definition) is 3. The summed E-state index contributed by atoms with van der Waals surface area (Å²) < 4.78 is 0. The zero-order chi connectivity index (χ0) is 13.5. The molecular formula is C14H29N3O. The number of hydrogen-bond donors (Lipinski definition) is 1. The Labute approximate surface area is 111 Å². The van der Waals surface area contributed by atoms with Crippen LogP contribution in [0, 0.1) is 5.92 Å². The predicted molar refractivity (Wildman–Crippen MR) is 75.4 cm³/mol. The molecule has 1 saturated heterocycles. The van der Waals surface area contributed by atoms with Crippen molar-refractivity contribution in [2.24, 2.45) is 11.7 Å². The standard InChI is InChI=1S/C14H29N3O/c1-4-13(15)14(18)17-9-7-12(8-10-17)11-16(5-2)6-3/h12-13H,4-11,15H2,1-3H3. The second-order valence-electron chi connectivity index (χ2n) is 5.27. The third-order valence-corrected chi connectivity index (χ3v) is 4.09. The molecule has 1 atom stereocenters. The van der Waals surface area contributed by atoms with Gasteiger partial charge >= 0.3 is 0 Å². The Balaban J connectivity index is 2.34. The average molecular weight is 255 g/mol. The van der Waals surface area contributed by atoms with Crippen molar-refractivity contribution in [3.8, 4) is 0 Å². The maximum Gasteiger partial charge on any atom is 0.239 e. The van der Waals surface area contributed by atoms with Crippen LogP contribution in [0.3, 0.4) is 0 Å². The van der Waals surface area contributed by atoms with Crippen LogP contribution in [0.15, 0.2) is 0 Å². The number of rotatable bonds is 6. The zero-order valence-corrected chi connectivity index (χ0v) is 12.2. The Kier molecular flexibility index (Phi) is 6.65. The van der Waals surface area contributed by atoms with Crippen LogP contribution in [0.25, 0.3) is 0 Å². The lowest BCUT2D eigenvalue weighted by Crippen LogP contribution is -2.48. The molecular weight excluding hydrogens is 226 g/mol. The number of amides is 1. The molecule has 106 valence electrons. The third kappa shape index (κ3) is 4.25. The fourth-order valence-corrected chi connectivity index (χ4v) is 2.59. The van der Waals surface area contributed by atoms with Gasteiger partial charge in [0.15, 0.2) is 0 Å². The van der Waals surface area contributed by atoms with E-state index in [1.807, 2.05) is 11.8 Å². The molecule has 1 rings (SSSR count). The smallest absolute Gasteiger partial charge is 0.239 e. The lowest BCUT2D eigenvalue weighted by Gasteiger charge is -2.35. The second kappa shape index (κ2) is 7.74. The van der Waals surface area contributed by atoms with Gasteiger partial charge in [-0.1, -0.05) is 20.8 Å². The summed E-state index contributed by atoms with van der Waals surface area (Å²) in [6.07, 6.45) is 2.98. The minimum atomic E-state index is -0.302. The van der Waals surface area contributed by atoms with E-state index in [-0.39, 0.29) is 11.9 Å². The first kappa shape index (κ1) is 15.4. The average Bonchev–Trinajstić information content (AvgIpc) is 2.43. The van der Waals surface area contributed by atoms with E-state index in [9.17, 15) is 4.79 Å². The van der Waals surface area contributed by atoms with Crippen molar-refractivity contribution in [3.63, 3.8) is 0 Å². The van der Waals surface area contributed by atoms with Gasteiger partial charge in [0.1, 0.15) is 0 Å². The Morgan fingerprint density at radius 3 is 2.28 bits per heavy atom. The number of likely N-dealkylation sites (tertiary alicyclic amines) is 1. The molecule has 0 bridgehead atoms. The van der Waals surface area contributed by atoms with Gasteiger partial charge in [0.05, 0.1) is 6.04 Å². The first-order chi connectivity index (χ1) is 8.62. The van der Waals surface area contributed by atoms with E-state index < -0.39 is 0 Å². The molecule has 4 heteroatoms. The van der Waals surface area contributed by atoms with E-state index in [0.29, 0.717) is 0 Å². The Morgan fingerprint density at radius 1 is 1.28 bits per heavy atom. The molecule has 2 N–H and O–H groups in total. The molecule has 1 aliphatic rings. The van der Waals surface area contributed by atoms with Crippen LogP contribution < -0.4 is 5.73 Å². The van der Waals surface area contributed by atoms with Crippen LogP contribution in [0.4, 0.5) is 0 Å². The van der Waals surface area contributed by atoms with E-state index in [0.717, 1.165) is 51.4 Å². The summed E-state index contributed by atoms with van der Waals surface area (Å²) in [7, 11) is 0. The normalized spacial score (nSPS) is 19.3. The maximum absolute atomic E-state index is 12.0. The summed E-state index contributed by atoms with van der Waals surface area (Å²) in [6, 6.07) is -0.302. The molecule has 0 aromatic heterocycles. The number of piperidine rings is 1. The largest absolute Gasteiger partial charge is 0.341 e. The van der Waals surface area contributed by atoms with Crippen molar-refractivity contribution in [3.05, 3.63) is 0 Å². The number of nitrogens with two attached hydrogens (primary N) is 1. The summed E-state index contributed by atoms with van der Waals surface area (Å²) in [6.45, 7) is 11.6. The zero-order valence-electron chi connectivity index (χ0n) is 12.2. The summed E-state index contributed by atoms with van der Waals surface area (Å²) in [5.74, 6) is 0.880. The molecule has 0 aromatic rings. The topological polar surface area (TPSA) is 49.6 Å². The summed E-state index contributed by atoms with van der Waals surface area (Å²) >= 11 is 0. The highest BCUT2D eigenvalue weighted by molar-refractivity contribution is 5.81. The molecule has 0 aromatic carbocycles.